The van der Waals surface area contributed by atoms with Crippen molar-refractivity contribution in [3.05, 3.63) is 89.5 Å². The van der Waals surface area contributed by atoms with Crippen LogP contribution in [0.15, 0.2) is 72.8 Å². The molecule has 112 valence electrons. The molecular formula is C20H15NO2. The number of nitrogen functional groups attached to an aromatic ring is 1. The fourth-order valence-corrected chi connectivity index (χ4v) is 3.08. The maximum Gasteiger partial charge on any atom is 0.339 e. The fourth-order valence-electron chi connectivity index (χ4n) is 3.08. The van der Waals surface area contributed by atoms with Gasteiger partial charge in [-0.2, -0.15) is 0 Å². The van der Waals surface area contributed by atoms with Crippen LogP contribution in [0.3, 0.4) is 0 Å². The van der Waals surface area contributed by atoms with Gasteiger partial charge in [-0.25, -0.2) is 4.79 Å². The quantitative estimate of drug-likeness (QED) is 0.570. The Hall–Kier alpha value is -3.07. The molecule has 0 radical (unpaired) electrons. The van der Waals surface area contributed by atoms with Gasteiger partial charge in [-0.1, -0.05) is 54.6 Å². The molecule has 2 N–H and O–H groups in total. The molecule has 0 fully saturated rings. The molecule has 0 unspecified atom stereocenters. The number of hydrogen-bond donors (Lipinski definition) is 1. The molecule has 0 atom stereocenters. The van der Waals surface area contributed by atoms with Gasteiger partial charge in [0.2, 0.25) is 0 Å². The molecule has 0 aliphatic heterocycles. The Labute approximate surface area is 134 Å². The molecule has 0 saturated carbocycles. The van der Waals surface area contributed by atoms with Crippen LogP contribution in [0.4, 0.5) is 5.69 Å². The highest BCUT2D eigenvalue weighted by Gasteiger charge is 2.31. The van der Waals surface area contributed by atoms with Crippen molar-refractivity contribution in [1.82, 2.24) is 0 Å². The standard InChI is InChI=1S/C20H15NO2/c21-14-7-5-6-13(12-14)20(22)23-19-17-10-3-1-8-15(17)16-9-2-4-11-18(16)19/h1-12,19H,21H2. The van der Waals surface area contributed by atoms with Crippen molar-refractivity contribution in [3.63, 3.8) is 0 Å². The van der Waals surface area contributed by atoms with E-state index >= 15 is 0 Å². The first-order chi connectivity index (χ1) is 11.2. The van der Waals surface area contributed by atoms with Crippen LogP contribution in [0.2, 0.25) is 0 Å². The van der Waals surface area contributed by atoms with Gasteiger partial charge in [0.05, 0.1) is 5.56 Å². The zero-order valence-corrected chi connectivity index (χ0v) is 12.4. The molecule has 0 bridgehead atoms. The van der Waals surface area contributed by atoms with Crippen LogP contribution in [0.25, 0.3) is 11.1 Å². The summed E-state index contributed by atoms with van der Waals surface area (Å²) in [5.74, 6) is -0.367. The number of benzene rings is 3. The molecule has 1 aliphatic carbocycles. The summed E-state index contributed by atoms with van der Waals surface area (Å²) < 4.78 is 5.81. The van der Waals surface area contributed by atoms with Gasteiger partial charge in [-0.15, -0.1) is 0 Å². The average molecular weight is 301 g/mol. The second kappa shape index (κ2) is 5.29. The number of carbonyl (C=O) groups excluding carboxylic acids is 1. The van der Waals surface area contributed by atoms with Gasteiger partial charge in [0.25, 0.3) is 0 Å². The molecule has 3 aromatic carbocycles. The van der Waals surface area contributed by atoms with Crippen LogP contribution in [0.1, 0.15) is 27.6 Å². The van der Waals surface area contributed by atoms with Crippen molar-refractivity contribution >= 4 is 11.7 Å². The smallest absolute Gasteiger partial charge is 0.339 e. The molecule has 1 aliphatic rings. The van der Waals surface area contributed by atoms with Crippen molar-refractivity contribution in [2.45, 2.75) is 6.10 Å². The Bertz CT molecular complexity index is 856. The van der Waals surface area contributed by atoms with Crippen molar-refractivity contribution in [1.29, 1.82) is 0 Å². The highest BCUT2D eigenvalue weighted by molar-refractivity contribution is 5.91. The number of rotatable bonds is 2. The third-order valence-corrected chi connectivity index (χ3v) is 4.12. The zero-order chi connectivity index (χ0) is 15.8. The SMILES string of the molecule is Nc1cccc(C(=O)OC2c3ccccc3-c3ccccc32)c1. The highest BCUT2D eigenvalue weighted by atomic mass is 16.5. The molecule has 0 heterocycles. The highest BCUT2D eigenvalue weighted by Crippen LogP contribution is 2.45. The van der Waals surface area contributed by atoms with Crippen LogP contribution in [0.5, 0.6) is 0 Å². The Balaban J connectivity index is 1.73. The lowest BCUT2D eigenvalue weighted by atomic mass is 10.1. The van der Waals surface area contributed by atoms with Crippen molar-refractivity contribution in [2.24, 2.45) is 0 Å². The molecule has 23 heavy (non-hydrogen) atoms. The Morgan fingerprint density at radius 3 is 2.04 bits per heavy atom. The number of nitrogens with two attached hydrogens (primary N) is 1. The first-order valence-corrected chi connectivity index (χ1v) is 7.49. The van der Waals surface area contributed by atoms with Gasteiger partial charge in [-0.3, -0.25) is 0 Å². The van der Waals surface area contributed by atoms with Gasteiger partial charge in [-0.05, 0) is 29.3 Å². The predicted octanol–water partition coefficient (Wildman–Crippen LogP) is 4.20. The summed E-state index contributed by atoms with van der Waals surface area (Å²) in [6, 6.07) is 22.9. The van der Waals surface area contributed by atoms with Gasteiger partial charge in [0, 0.05) is 16.8 Å². The lowest BCUT2D eigenvalue weighted by molar-refractivity contribution is 0.0386. The molecule has 0 saturated heterocycles. The van der Waals surface area contributed by atoms with Gasteiger partial charge >= 0.3 is 5.97 Å². The van der Waals surface area contributed by atoms with Crippen LogP contribution in [-0.4, -0.2) is 5.97 Å². The zero-order valence-electron chi connectivity index (χ0n) is 12.4. The largest absolute Gasteiger partial charge is 0.449 e. The predicted molar refractivity (Wildman–Crippen MR) is 90.0 cm³/mol. The fraction of sp³-hybridized carbons (Fsp3) is 0.0500. The van der Waals surface area contributed by atoms with E-state index in [-0.39, 0.29) is 12.1 Å². The first-order valence-electron chi connectivity index (χ1n) is 7.49. The van der Waals surface area contributed by atoms with Gasteiger partial charge < -0.3 is 10.5 Å². The van der Waals surface area contributed by atoms with Crippen molar-refractivity contribution < 1.29 is 9.53 Å². The average Bonchev–Trinajstić information content (AvgIpc) is 2.90. The minimum Gasteiger partial charge on any atom is -0.449 e. The minimum atomic E-state index is -0.378. The maximum absolute atomic E-state index is 12.5. The first kappa shape index (κ1) is 13.6. The third kappa shape index (κ3) is 2.27. The van der Waals surface area contributed by atoms with Crippen LogP contribution < -0.4 is 5.73 Å². The summed E-state index contributed by atoms with van der Waals surface area (Å²) >= 11 is 0. The van der Waals surface area contributed by atoms with E-state index < -0.39 is 0 Å². The van der Waals surface area contributed by atoms with Crippen LogP contribution in [0, 0.1) is 0 Å². The molecule has 0 aromatic heterocycles. The molecule has 3 aromatic rings. The molecule has 3 nitrogen and oxygen atoms in total. The number of ether oxygens (including phenoxy) is 1. The van der Waals surface area contributed by atoms with Crippen LogP contribution in [-0.2, 0) is 4.74 Å². The third-order valence-electron chi connectivity index (χ3n) is 4.12. The summed E-state index contributed by atoms with van der Waals surface area (Å²) in [4.78, 5) is 12.5. The molecule has 0 amide bonds. The maximum atomic E-state index is 12.5. The number of anilines is 1. The van der Waals surface area contributed by atoms with Crippen molar-refractivity contribution in [2.75, 3.05) is 5.73 Å². The molecular weight excluding hydrogens is 286 g/mol. The van der Waals surface area contributed by atoms with E-state index in [4.69, 9.17) is 10.5 Å². The molecule has 0 spiro atoms. The number of esters is 1. The van der Waals surface area contributed by atoms with E-state index in [1.165, 1.54) is 0 Å². The number of fused-ring (bicyclic) bond motifs is 3. The monoisotopic (exact) mass is 301 g/mol. The number of carbonyl (C=O) groups is 1. The Kier molecular flexibility index (Phi) is 3.12. The van der Waals surface area contributed by atoms with E-state index in [0.29, 0.717) is 11.3 Å². The summed E-state index contributed by atoms with van der Waals surface area (Å²) in [5.41, 5.74) is 11.0. The van der Waals surface area contributed by atoms with E-state index in [9.17, 15) is 4.79 Å². The summed E-state index contributed by atoms with van der Waals surface area (Å²) in [6.45, 7) is 0. The lowest BCUT2D eigenvalue weighted by Crippen LogP contribution is -2.11. The van der Waals surface area contributed by atoms with Gasteiger partial charge in [0.1, 0.15) is 0 Å². The second-order valence-corrected chi connectivity index (χ2v) is 5.59. The van der Waals surface area contributed by atoms with E-state index in [1.54, 1.807) is 24.3 Å². The van der Waals surface area contributed by atoms with Gasteiger partial charge in [0.15, 0.2) is 6.10 Å². The molecule has 4 rings (SSSR count). The summed E-state index contributed by atoms with van der Waals surface area (Å²) in [7, 11) is 0. The second-order valence-electron chi connectivity index (χ2n) is 5.59. The lowest BCUT2D eigenvalue weighted by Gasteiger charge is -2.15. The topological polar surface area (TPSA) is 52.3 Å². The van der Waals surface area contributed by atoms with Crippen molar-refractivity contribution in [3.8, 4) is 11.1 Å². The van der Waals surface area contributed by atoms with Crippen LogP contribution >= 0.6 is 0 Å². The summed E-state index contributed by atoms with van der Waals surface area (Å²) in [6.07, 6.45) is -0.378. The molecule has 3 heteroatoms. The summed E-state index contributed by atoms with van der Waals surface area (Å²) in [5, 5.41) is 0. The van der Waals surface area contributed by atoms with E-state index in [0.717, 1.165) is 22.3 Å². The Morgan fingerprint density at radius 2 is 1.43 bits per heavy atom. The number of hydrogen-bond acceptors (Lipinski definition) is 3. The van der Waals surface area contributed by atoms with E-state index in [1.807, 2.05) is 36.4 Å². The van der Waals surface area contributed by atoms with E-state index in [2.05, 4.69) is 12.1 Å². The minimum absolute atomic E-state index is 0.367. The Morgan fingerprint density at radius 1 is 0.826 bits per heavy atom. The normalized spacial score (nSPS) is 12.5.